The van der Waals surface area contributed by atoms with Gasteiger partial charge in [-0.15, -0.1) is 0 Å². The number of anilines is 1. The van der Waals surface area contributed by atoms with Crippen LogP contribution in [0, 0.1) is 0 Å². The summed E-state index contributed by atoms with van der Waals surface area (Å²) in [4.78, 5) is 25.7. The van der Waals surface area contributed by atoms with Crippen LogP contribution in [0.5, 0.6) is 5.88 Å². The second-order valence-corrected chi connectivity index (χ2v) is 7.52. The Bertz CT molecular complexity index is 1010. The number of nitrogens with one attached hydrogen (secondary N) is 1. The lowest BCUT2D eigenvalue weighted by Crippen LogP contribution is -2.50. The van der Waals surface area contributed by atoms with Crippen LogP contribution >= 0.6 is 0 Å². The largest absolute Gasteiger partial charge is 0.481 e. The molecule has 1 unspecified atom stereocenters. The van der Waals surface area contributed by atoms with Crippen LogP contribution in [0.15, 0.2) is 54.7 Å². The quantitative estimate of drug-likeness (QED) is 0.680. The molecule has 0 bridgehead atoms. The minimum Gasteiger partial charge on any atom is -0.481 e. The van der Waals surface area contributed by atoms with Crippen LogP contribution in [0.1, 0.15) is 18.5 Å². The van der Waals surface area contributed by atoms with E-state index in [0.717, 1.165) is 31.7 Å². The number of methoxy groups -OCH3 is 1. The first-order chi connectivity index (χ1) is 14.6. The summed E-state index contributed by atoms with van der Waals surface area (Å²) in [5.41, 5.74) is 1.14. The molecule has 0 aliphatic carbocycles. The predicted octanol–water partition coefficient (Wildman–Crippen LogP) is 2.64. The summed E-state index contributed by atoms with van der Waals surface area (Å²) in [6, 6.07) is 16.2. The van der Waals surface area contributed by atoms with E-state index in [1.54, 1.807) is 19.4 Å². The molecule has 1 amide bonds. The Morgan fingerprint density at radius 2 is 1.87 bits per heavy atom. The van der Waals surface area contributed by atoms with Gasteiger partial charge in [0.1, 0.15) is 0 Å². The summed E-state index contributed by atoms with van der Waals surface area (Å²) in [6.07, 6.45) is 1.70. The number of nitrogens with zero attached hydrogens (tertiary/aromatic N) is 4. The summed E-state index contributed by atoms with van der Waals surface area (Å²) in [7, 11) is 1.60. The molecule has 0 spiro atoms. The second kappa shape index (κ2) is 9.09. The molecule has 1 saturated heterocycles. The topological polar surface area (TPSA) is 70.6 Å². The highest BCUT2D eigenvalue weighted by Crippen LogP contribution is 2.24. The average Bonchev–Trinajstić information content (AvgIpc) is 2.79. The highest BCUT2D eigenvalue weighted by Gasteiger charge is 2.22. The zero-order valence-corrected chi connectivity index (χ0v) is 17.4. The van der Waals surface area contributed by atoms with Crippen molar-refractivity contribution in [2.75, 3.05) is 44.7 Å². The molecule has 0 saturated carbocycles. The Balaban J connectivity index is 1.31. The number of carbonyl (C=O) groups excluding carboxylic acids is 1. The molecule has 30 heavy (non-hydrogen) atoms. The van der Waals surface area contributed by atoms with Gasteiger partial charge in [-0.2, -0.15) is 4.98 Å². The molecular weight excluding hydrogens is 378 g/mol. The predicted molar refractivity (Wildman–Crippen MR) is 118 cm³/mol. The number of ether oxygens (including phenoxy) is 1. The molecule has 1 N–H and O–H groups in total. The van der Waals surface area contributed by atoms with E-state index >= 15 is 0 Å². The molecule has 0 radical (unpaired) electrons. The number of piperazine rings is 1. The third kappa shape index (κ3) is 4.52. The minimum absolute atomic E-state index is 0.0431. The van der Waals surface area contributed by atoms with Crippen molar-refractivity contribution in [1.29, 1.82) is 0 Å². The van der Waals surface area contributed by atoms with Crippen LogP contribution in [0.4, 0.5) is 5.95 Å². The standard InChI is InChI=1S/C23H27N5O2/c1-17(19-9-5-7-18-6-3-4-8-20(18)19)25-21(29)16-27-12-14-28(15-13-27)23-24-11-10-22(26-23)30-2/h3-11,17H,12-16H2,1-2H3,(H,25,29). The number of aromatic nitrogens is 2. The van der Waals surface area contributed by atoms with Gasteiger partial charge in [-0.3, -0.25) is 9.69 Å². The minimum atomic E-state index is -0.0462. The Labute approximate surface area is 176 Å². The summed E-state index contributed by atoms with van der Waals surface area (Å²) >= 11 is 0. The van der Waals surface area contributed by atoms with Crippen molar-refractivity contribution >= 4 is 22.6 Å². The van der Waals surface area contributed by atoms with E-state index in [1.807, 2.05) is 25.1 Å². The molecule has 1 aliphatic rings. The number of hydrogen-bond acceptors (Lipinski definition) is 6. The highest BCUT2D eigenvalue weighted by molar-refractivity contribution is 5.87. The normalized spacial score (nSPS) is 15.7. The van der Waals surface area contributed by atoms with Gasteiger partial charge in [-0.25, -0.2) is 4.98 Å². The molecule has 156 valence electrons. The van der Waals surface area contributed by atoms with Crippen LogP contribution in [0.3, 0.4) is 0 Å². The number of rotatable bonds is 6. The fraction of sp³-hybridized carbons (Fsp3) is 0.348. The summed E-state index contributed by atoms with van der Waals surface area (Å²) in [5.74, 6) is 1.27. The molecule has 4 rings (SSSR count). The molecule has 3 aromatic rings. The van der Waals surface area contributed by atoms with Gasteiger partial charge in [0.05, 0.1) is 19.7 Å². The molecule has 1 aromatic heterocycles. The molecular formula is C23H27N5O2. The van der Waals surface area contributed by atoms with Crippen LogP contribution in [0.2, 0.25) is 0 Å². The van der Waals surface area contributed by atoms with Crippen LogP contribution < -0.4 is 15.0 Å². The number of benzene rings is 2. The van der Waals surface area contributed by atoms with Gasteiger partial charge < -0.3 is 15.0 Å². The Morgan fingerprint density at radius 3 is 2.67 bits per heavy atom. The first kappa shape index (κ1) is 20.1. The number of amides is 1. The van der Waals surface area contributed by atoms with Gasteiger partial charge in [0.15, 0.2) is 0 Å². The van der Waals surface area contributed by atoms with E-state index in [-0.39, 0.29) is 11.9 Å². The van der Waals surface area contributed by atoms with Gasteiger partial charge >= 0.3 is 0 Å². The Kier molecular flexibility index (Phi) is 6.09. The lowest BCUT2D eigenvalue weighted by molar-refractivity contribution is -0.123. The van der Waals surface area contributed by atoms with E-state index in [0.29, 0.717) is 18.4 Å². The van der Waals surface area contributed by atoms with E-state index in [9.17, 15) is 4.79 Å². The third-order valence-electron chi connectivity index (χ3n) is 5.52. The van der Waals surface area contributed by atoms with Crippen molar-refractivity contribution in [1.82, 2.24) is 20.2 Å². The van der Waals surface area contributed by atoms with Gasteiger partial charge in [0, 0.05) is 38.4 Å². The van der Waals surface area contributed by atoms with Gasteiger partial charge in [-0.1, -0.05) is 42.5 Å². The van der Waals surface area contributed by atoms with Crippen LogP contribution in [0.25, 0.3) is 10.8 Å². The first-order valence-electron chi connectivity index (χ1n) is 10.3. The number of hydrogen-bond donors (Lipinski definition) is 1. The molecule has 2 heterocycles. The second-order valence-electron chi connectivity index (χ2n) is 7.52. The van der Waals surface area contributed by atoms with Crippen molar-refractivity contribution in [3.8, 4) is 5.88 Å². The van der Waals surface area contributed by atoms with Crippen LogP contribution in [-0.4, -0.2) is 60.6 Å². The van der Waals surface area contributed by atoms with Crippen molar-refractivity contribution < 1.29 is 9.53 Å². The summed E-state index contributed by atoms with van der Waals surface area (Å²) in [6.45, 7) is 5.56. The smallest absolute Gasteiger partial charge is 0.234 e. The van der Waals surface area contributed by atoms with Crippen molar-refractivity contribution in [3.63, 3.8) is 0 Å². The van der Waals surface area contributed by atoms with Crippen molar-refractivity contribution in [2.24, 2.45) is 0 Å². The monoisotopic (exact) mass is 405 g/mol. The van der Waals surface area contributed by atoms with E-state index < -0.39 is 0 Å². The van der Waals surface area contributed by atoms with Crippen molar-refractivity contribution in [2.45, 2.75) is 13.0 Å². The fourth-order valence-corrected chi connectivity index (χ4v) is 3.90. The highest BCUT2D eigenvalue weighted by atomic mass is 16.5. The van der Waals surface area contributed by atoms with E-state index in [1.165, 1.54) is 10.8 Å². The molecule has 7 nitrogen and oxygen atoms in total. The van der Waals surface area contributed by atoms with Crippen LogP contribution in [-0.2, 0) is 4.79 Å². The third-order valence-corrected chi connectivity index (χ3v) is 5.52. The zero-order chi connectivity index (χ0) is 20.9. The zero-order valence-electron chi connectivity index (χ0n) is 17.4. The van der Waals surface area contributed by atoms with Gasteiger partial charge in [0.2, 0.25) is 17.7 Å². The summed E-state index contributed by atoms with van der Waals surface area (Å²) < 4.78 is 5.18. The molecule has 1 atom stereocenters. The first-order valence-corrected chi connectivity index (χ1v) is 10.3. The number of fused-ring (bicyclic) bond motifs is 1. The van der Waals surface area contributed by atoms with E-state index in [4.69, 9.17) is 4.74 Å². The maximum Gasteiger partial charge on any atom is 0.234 e. The maximum atomic E-state index is 12.7. The lowest BCUT2D eigenvalue weighted by Gasteiger charge is -2.34. The molecule has 1 fully saturated rings. The summed E-state index contributed by atoms with van der Waals surface area (Å²) in [5, 5.41) is 5.53. The average molecular weight is 406 g/mol. The van der Waals surface area contributed by atoms with Gasteiger partial charge in [-0.05, 0) is 23.3 Å². The van der Waals surface area contributed by atoms with Crippen molar-refractivity contribution in [3.05, 3.63) is 60.3 Å². The van der Waals surface area contributed by atoms with E-state index in [2.05, 4.69) is 49.4 Å². The van der Waals surface area contributed by atoms with Gasteiger partial charge in [0.25, 0.3) is 0 Å². The molecule has 7 heteroatoms. The molecule has 1 aliphatic heterocycles. The Morgan fingerprint density at radius 1 is 1.10 bits per heavy atom. The number of carbonyl (C=O) groups is 1. The maximum absolute atomic E-state index is 12.7. The molecule has 2 aromatic carbocycles. The lowest BCUT2D eigenvalue weighted by atomic mass is 10.00. The Hall–Kier alpha value is -3.19. The fourth-order valence-electron chi connectivity index (χ4n) is 3.90. The SMILES string of the molecule is COc1ccnc(N2CCN(CC(=O)NC(C)c3cccc4ccccc34)CC2)n1.